The van der Waals surface area contributed by atoms with Crippen molar-refractivity contribution in [2.45, 2.75) is 25.2 Å². The monoisotopic (exact) mass is 485 g/mol. The summed E-state index contributed by atoms with van der Waals surface area (Å²) in [5.74, 6) is 0.935. The second kappa shape index (κ2) is 9.82. The topological polar surface area (TPSA) is 118 Å². The first-order valence-electron chi connectivity index (χ1n) is 11.0. The third kappa shape index (κ3) is 4.62. The average Bonchev–Trinajstić information content (AvgIpc) is 3.26. The molecule has 0 bridgehead atoms. The standard InChI is InChI=1S/C23H27N5O5S/c1-4-18-22(23(33-26-18)25-16(2)29)17-8-9-19(32-3)20(15-17)34(30,31)28-13-11-27(12-14-28)21-7-5-6-10-24-21/h5-10,15H,4,11-14H2,1-3H3,(H,25,29). The van der Waals surface area contributed by atoms with Gasteiger partial charge in [-0.1, -0.05) is 24.2 Å². The van der Waals surface area contributed by atoms with Crippen LogP contribution in [0.15, 0.2) is 52.0 Å². The predicted octanol–water partition coefficient (Wildman–Crippen LogP) is 2.78. The first-order chi connectivity index (χ1) is 16.3. The number of carbonyl (C=O) groups excluding carboxylic acids is 1. The van der Waals surface area contributed by atoms with E-state index in [-0.39, 0.29) is 22.4 Å². The molecule has 2 aromatic heterocycles. The average molecular weight is 486 g/mol. The van der Waals surface area contributed by atoms with Crippen molar-refractivity contribution < 1.29 is 22.5 Å². The van der Waals surface area contributed by atoms with Gasteiger partial charge >= 0.3 is 0 Å². The van der Waals surface area contributed by atoms with E-state index in [2.05, 4.69) is 20.4 Å². The Labute approximate surface area is 198 Å². The number of nitrogens with one attached hydrogen (secondary N) is 1. The quantitative estimate of drug-likeness (QED) is 0.543. The highest BCUT2D eigenvalue weighted by molar-refractivity contribution is 7.89. The molecule has 0 radical (unpaired) electrons. The first-order valence-corrected chi connectivity index (χ1v) is 12.4. The van der Waals surface area contributed by atoms with Gasteiger partial charge in [0.2, 0.25) is 21.8 Å². The van der Waals surface area contributed by atoms with E-state index in [1.807, 2.05) is 25.1 Å². The molecule has 34 heavy (non-hydrogen) atoms. The van der Waals surface area contributed by atoms with E-state index in [4.69, 9.17) is 9.26 Å². The maximum Gasteiger partial charge on any atom is 0.246 e. The smallest absolute Gasteiger partial charge is 0.246 e. The minimum absolute atomic E-state index is 0.0517. The van der Waals surface area contributed by atoms with Crippen molar-refractivity contribution in [2.24, 2.45) is 0 Å². The van der Waals surface area contributed by atoms with Crippen molar-refractivity contribution in [2.75, 3.05) is 43.5 Å². The zero-order valence-corrected chi connectivity index (χ0v) is 20.1. The van der Waals surface area contributed by atoms with Crippen molar-refractivity contribution in [3.05, 3.63) is 48.3 Å². The molecule has 1 fully saturated rings. The van der Waals surface area contributed by atoms with Crippen LogP contribution < -0.4 is 15.0 Å². The van der Waals surface area contributed by atoms with Crippen LogP contribution in [0.1, 0.15) is 19.5 Å². The number of amides is 1. The predicted molar refractivity (Wildman–Crippen MR) is 127 cm³/mol. The van der Waals surface area contributed by atoms with Gasteiger partial charge in [0.1, 0.15) is 16.5 Å². The maximum absolute atomic E-state index is 13.7. The fourth-order valence-corrected chi connectivity index (χ4v) is 5.58. The number of hydrogen-bond acceptors (Lipinski definition) is 8. The maximum atomic E-state index is 13.7. The minimum atomic E-state index is -3.86. The Kier molecular flexibility index (Phi) is 6.85. The van der Waals surface area contributed by atoms with Gasteiger partial charge in [-0.15, -0.1) is 0 Å². The van der Waals surface area contributed by atoms with E-state index < -0.39 is 10.0 Å². The summed E-state index contributed by atoms with van der Waals surface area (Å²) in [5.41, 5.74) is 1.73. The van der Waals surface area contributed by atoms with Gasteiger partial charge in [-0.05, 0) is 36.2 Å². The zero-order valence-electron chi connectivity index (χ0n) is 19.3. The molecule has 1 aliphatic rings. The number of pyridine rings is 1. The van der Waals surface area contributed by atoms with Crippen LogP contribution in [0.2, 0.25) is 0 Å². The number of sulfonamides is 1. The van der Waals surface area contributed by atoms with E-state index in [1.54, 1.807) is 24.4 Å². The van der Waals surface area contributed by atoms with Gasteiger partial charge < -0.3 is 14.2 Å². The Balaban J connectivity index is 1.66. The lowest BCUT2D eigenvalue weighted by Gasteiger charge is -2.34. The van der Waals surface area contributed by atoms with Gasteiger partial charge in [-0.2, -0.15) is 4.31 Å². The molecule has 11 heteroatoms. The number of carbonyl (C=O) groups is 1. The summed E-state index contributed by atoms with van der Waals surface area (Å²) in [6.07, 6.45) is 2.27. The molecule has 10 nitrogen and oxygen atoms in total. The lowest BCUT2D eigenvalue weighted by atomic mass is 10.0. The van der Waals surface area contributed by atoms with Crippen molar-refractivity contribution in [3.8, 4) is 16.9 Å². The van der Waals surface area contributed by atoms with Crippen LogP contribution in [0.25, 0.3) is 11.1 Å². The van der Waals surface area contributed by atoms with Crippen LogP contribution in [0, 0.1) is 0 Å². The van der Waals surface area contributed by atoms with E-state index in [9.17, 15) is 13.2 Å². The second-order valence-electron chi connectivity index (χ2n) is 7.81. The number of anilines is 2. The molecule has 180 valence electrons. The molecule has 1 aromatic carbocycles. The summed E-state index contributed by atoms with van der Waals surface area (Å²) >= 11 is 0. The largest absolute Gasteiger partial charge is 0.495 e. The zero-order chi connectivity index (χ0) is 24.3. The Bertz CT molecular complexity index is 1270. The number of hydrogen-bond donors (Lipinski definition) is 1. The molecule has 1 amide bonds. The Morgan fingerprint density at radius 2 is 1.94 bits per heavy atom. The third-order valence-corrected chi connectivity index (χ3v) is 7.59. The fraction of sp³-hybridized carbons (Fsp3) is 0.348. The molecule has 0 spiro atoms. The third-order valence-electron chi connectivity index (χ3n) is 5.67. The molecule has 1 aliphatic heterocycles. The summed E-state index contributed by atoms with van der Waals surface area (Å²) in [4.78, 5) is 18.1. The number of benzene rings is 1. The van der Waals surface area contributed by atoms with Gasteiger partial charge in [0, 0.05) is 39.3 Å². The van der Waals surface area contributed by atoms with Crippen LogP contribution in [-0.4, -0.2) is 62.1 Å². The lowest BCUT2D eigenvalue weighted by molar-refractivity contribution is -0.114. The molecular formula is C23H27N5O5S. The van der Waals surface area contributed by atoms with Gasteiger partial charge in [0.05, 0.1) is 18.4 Å². The molecule has 0 aliphatic carbocycles. The first kappa shape index (κ1) is 23.7. The van der Waals surface area contributed by atoms with Crippen LogP contribution in [0.5, 0.6) is 5.75 Å². The summed E-state index contributed by atoms with van der Waals surface area (Å²) in [7, 11) is -2.42. The molecule has 4 rings (SSSR count). The van der Waals surface area contributed by atoms with Crippen molar-refractivity contribution in [3.63, 3.8) is 0 Å². The van der Waals surface area contributed by atoms with E-state index in [0.29, 0.717) is 49.4 Å². The lowest BCUT2D eigenvalue weighted by Crippen LogP contribution is -2.48. The van der Waals surface area contributed by atoms with Crippen LogP contribution in [0.3, 0.4) is 0 Å². The normalized spacial score (nSPS) is 14.7. The molecule has 1 N–H and O–H groups in total. The number of ether oxygens (including phenoxy) is 1. The molecule has 0 unspecified atom stereocenters. The van der Waals surface area contributed by atoms with Crippen LogP contribution in [-0.2, 0) is 21.2 Å². The number of methoxy groups -OCH3 is 1. The number of aryl methyl sites for hydroxylation is 1. The summed E-state index contributed by atoms with van der Waals surface area (Å²) in [6, 6.07) is 10.6. The van der Waals surface area contributed by atoms with Gasteiger partial charge in [0.25, 0.3) is 0 Å². The molecule has 1 saturated heterocycles. The minimum Gasteiger partial charge on any atom is -0.495 e. The van der Waals surface area contributed by atoms with Gasteiger partial charge in [-0.3, -0.25) is 10.1 Å². The fourth-order valence-electron chi connectivity index (χ4n) is 3.98. The number of rotatable bonds is 7. The summed E-state index contributed by atoms with van der Waals surface area (Å²) in [6.45, 7) is 4.95. The van der Waals surface area contributed by atoms with Crippen LogP contribution >= 0.6 is 0 Å². The van der Waals surface area contributed by atoms with Crippen molar-refractivity contribution in [1.82, 2.24) is 14.4 Å². The Morgan fingerprint density at radius 1 is 1.18 bits per heavy atom. The SMILES string of the molecule is CCc1noc(NC(C)=O)c1-c1ccc(OC)c(S(=O)(=O)N2CCN(c3ccccn3)CC2)c1. The molecule has 3 heterocycles. The van der Waals surface area contributed by atoms with E-state index in [0.717, 1.165) is 5.82 Å². The summed E-state index contributed by atoms with van der Waals surface area (Å²) in [5, 5.41) is 6.66. The second-order valence-corrected chi connectivity index (χ2v) is 9.72. The Morgan fingerprint density at radius 3 is 2.56 bits per heavy atom. The molecular weight excluding hydrogens is 458 g/mol. The number of nitrogens with zero attached hydrogens (tertiary/aromatic N) is 4. The van der Waals surface area contributed by atoms with Crippen molar-refractivity contribution >= 4 is 27.6 Å². The highest BCUT2D eigenvalue weighted by Crippen LogP contribution is 2.37. The number of piperazine rings is 1. The molecule has 0 atom stereocenters. The Hall–Kier alpha value is -3.44. The van der Waals surface area contributed by atoms with Gasteiger partial charge in [0.15, 0.2) is 0 Å². The van der Waals surface area contributed by atoms with E-state index >= 15 is 0 Å². The molecule has 0 saturated carbocycles. The van der Waals surface area contributed by atoms with Crippen molar-refractivity contribution in [1.29, 1.82) is 0 Å². The summed E-state index contributed by atoms with van der Waals surface area (Å²) < 4.78 is 39.5. The number of aromatic nitrogens is 2. The molecule has 3 aromatic rings. The van der Waals surface area contributed by atoms with E-state index in [1.165, 1.54) is 18.3 Å². The van der Waals surface area contributed by atoms with Gasteiger partial charge in [-0.25, -0.2) is 13.4 Å². The highest BCUT2D eigenvalue weighted by Gasteiger charge is 2.32. The van der Waals surface area contributed by atoms with Crippen LogP contribution in [0.4, 0.5) is 11.7 Å². The highest BCUT2D eigenvalue weighted by atomic mass is 32.2.